The number of nitrogens with one attached hydrogen (secondary N) is 1. The zero-order valence-electron chi connectivity index (χ0n) is 13.3. The maximum Gasteiger partial charge on any atom is 0.0855 e. The van der Waals surface area contributed by atoms with Crippen LogP contribution in [0.4, 0.5) is 0 Å². The number of ether oxygens (including phenoxy) is 1. The van der Waals surface area contributed by atoms with Gasteiger partial charge in [0.15, 0.2) is 0 Å². The molecule has 2 unspecified atom stereocenters. The maximum atomic E-state index is 6.02. The number of rotatable bonds is 10. The molecule has 0 aliphatic carbocycles. The standard InChI is InChI=1S/C16H34N2O/c1-4-7-8-9-10-15(17-11-5-2)16-14-18(6-3)12-13-19-16/h15-17H,4-14H2,1-3H3. The molecule has 0 spiro atoms. The van der Waals surface area contributed by atoms with Crippen molar-refractivity contribution in [1.29, 1.82) is 0 Å². The van der Waals surface area contributed by atoms with E-state index in [0.717, 1.165) is 32.8 Å². The number of hydrogen-bond acceptors (Lipinski definition) is 3. The van der Waals surface area contributed by atoms with Gasteiger partial charge in [-0.25, -0.2) is 0 Å². The van der Waals surface area contributed by atoms with Crippen molar-refractivity contribution < 1.29 is 4.74 Å². The lowest BCUT2D eigenvalue weighted by atomic mass is 10.0. The largest absolute Gasteiger partial charge is 0.374 e. The fourth-order valence-corrected chi connectivity index (χ4v) is 2.80. The molecule has 1 aliphatic rings. The van der Waals surface area contributed by atoms with Crippen molar-refractivity contribution >= 4 is 0 Å². The summed E-state index contributed by atoms with van der Waals surface area (Å²) in [6.45, 7) is 12.1. The van der Waals surface area contributed by atoms with Crippen molar-refractivity contribution in [3.63, 3.8) is 0 Å². The highest BCUT2D eigenvalue weighted by Crippen LogP contribution is 2.15. The van der Waals surface area contributed by atoms with Crippen LogP contribution in [-0.4, -0.2) is 49.8 Å². The predicted octanol–water partition coefficient (Wildman–Crippen LogP) is 3.05. The molecule has 0 amide bonds. The average Bonchev–Trinajstić information content (AvgIpc) is 2.46. The van der Waals surface area contributed by atoms with Crippen LogP contribution in [-0.2, 0) is 4.74 Å². The Morgan fingerprint density at radius 3 is 2.68 bits per heavy atom. The highest BCUT2D eigenvalue weighted by atomic mass is 16.5. The monoisotopic (exact) mass is 270 g/mol. The van der Waals surface area contributed by atoms with Gasteiger partial charge in [0.1, 0.15) is 0 Å². The minimum atomic E-state index is 0.391. The molecule has 1 N–H and O–H groups in total. The third-order valence-electron chi connectivity index (χ3n) is 4.10. The first-order valence-corrected chi connectivity index (χ1v) is 8.39. The van der Waals surface area contributed by atoms with E-state index in [2.05, 4.69) is 31.0 Å². The molecule has 1 aliphatic heterocycles. The minimum absolute atomic E-state index is 0.391. The highest BCUT2D eigenvalue weighted by molar-refractivity contribution is 4.82. The SMILES string of the molecule is CCCCCCC(NCCC)C1CN(CC)CCO1. The van der Waals surface area contributed by atoms with Crippen LogP contribution < -0.4 is 5.32 Å². The van der Waals surface area contributed by atoms with Gasteiger partial charge >= 0.3 is 0 Å². The zero-order valence-corrected chi connectivity index (χ0v) is 13.3. The van der Waals surface area contributed by atoms with Gasteiger partial charge in [0.05, 0.1) is 12.7 Å². The second-order valence-electron chi connectivity index (χ2n) is 5.71. The second kappa shape index (κ2) is 10.6. The first kappa shape index (κ1) is 16.9. The van der Waals surface area contributed by atoms with E-state index in [4.69, 9.17) is 4.74 Å². The third-order valence-corrected chi connectivity index (χ3v) is 4.10. The molecule has 2 atom stereocenters. The van der Waals surface area contributed by atoms with Crippen molar-refractivity contribution in [3.05, 3.63) is 0 Å². The van der Waals surface area contributed by atoms with Crippen LogP contribution in [0.3, 0.4) is 0 Å². The summed E-state index contributed by atoms with van der Waals surface area (Å²) in [5.74, 6) is 0. The van der Waals surface area contributed by atoms with Crippen LogP contribution in [0, 0.1) is 0 Å². The van der Waals surface area contributed by atoms with E-state index < -0.39 is 0 Å². The molecule has 0 aromatic heterocycles. The van der Waals surface area contributed by atoms with E-state index >= 15 is 0 Å². The van der Waals surface area contributed by atoms with Crippen LogP contribution in [0.1, 0.15) is 59.3 Å². The van der Waals surface area contributed by atoms with Gasteiger partial charge in [-0.1, -0.05) is 46.5 Å². The van der Waals surface area contributed by atoms with E-state index in [9.17, 15) is 0 Å². The molecule has 1 saturated heterocycles. The van der Waals surface area contributed by atoms with Crippen LogP contribution in [0.5, 0.6) is 0 Å². The number of nitrogens with zero attached hydrogens (tertiary/aromatic N) is 1. The van der Waals surface area contributed by atoms with Crippen molar-refractivity contribution in [3.8, 4) is 0 Å². The predicted molar refractivity (Wildman–Crippen MR) is 82.7 cm³/mol. The maximum absolute atomic E-state index is 6.02. The van der Waals surface area contributed by atoms with E-state index in [1.54, 1.807) is 0 Å². The van der Waals surface area contributed by atoms with Crippen molar-refractivity contribution in [2.75, 3.05) is 32.8 Å². The van der Waals surface area contributed by atoms with Gasteiger partial charge in [-0.2, -0.15) is 0 Å². The summed E-state index contributed by atoms with van der Waals surface area (Å²) >= 11 is 0. The number of morpholine rings is 1. The minimum Gasteiger partial charge on any atom is -0.374 e. The Hall–Kier alpha value is -0.120. The molecule has 1 heterocycles. The molecule has 3 nitrogen and oxygen atoms in total. The average molecular weight is 270 g/mol. The fourth-order valence-electron chi connectivity index (χ4n) is 2.80. The summed E-state index contributed by atoms with van der Waals surface area (Å²) in [7, 11) is 0. The van der Waals surface area contributed by atoms with E-state index in [0.29, 0.717) is 12.1 Å². The van der Waals surface area contributed by atoms with Crippen LogP contribution >= 0.6 is 0 Å². The summed E-state index contributed by atoms with van der Waals surface area (Å²) in [5.41, 5.74) is 0. The Kier molecular flexibility index (Phi) is 9.48. The number of hydrogen-bond donors (Lipinski definition) is 1. The summed E-state index contributed by atoms with van der Waals surface area (Å²) in [4.78, 5) is 2.51. The molecule has 114 valence electrons. The molecule has 1 rings (SSSR count). The Balaban J connectivity index is 2.37. The fraction of sp³-hybridized carbons (Fsp3) is 1.00. The molecule has 3 heteroatoms. The Morgan fingerprint density at radius 1 is 1.16 bits per heavy atom. The van der Waals surface area contributed by atoms with Gasteiger partial charge in [-0.05, 0) is 25.9 Å². The van der Waals surface area contributed by atoms with Crippen molar-refractivity contribution in [2.24, 2.45) is 0 Å². The molecular formula is C16H34N2O. The zero-order chi connectivity index (χ0) is 13.9. The molecule has 0 radical (unpaired) electrons. The lowest BCUT2D eigenvalue weighted by molar-refractivity contribution is -0.0464. The molecular weight excluding hydrogens is 236 g/mol. The lowest BCUT2D eigenvalue weighted by Gasteiger charge is -2.37. The highest BCUT2D eigenvalue weighted by Gasteiger charge is 2.26. The summed E-state index contributed by atoms with van der Waals surface area (Å²) in [6, 6.07) is 0.547. The van der Waals surface area contributed by atoms with Gasteiger partial charge in [0.25, 0.3) is 0 Å². The van der Waals surface area contributed by atoms with Gasteiger partial charge in [0, 0.05) is 19.1 Å². The van der Waals surface area contributed by atoms with Crippen LogP contribution in [0.15, 0.2) is 0 Å². The Morgan fingerprint density at radius 2 is 2.00 bits per heavy atom. The summed E-state index contributed by atoms with van der Waals surface area (Å²) in [6.07, 6.45) is 8.25. The number of likely N-dealkylation sites (N-methyl/N-ethyl adjacent to an activating group) is 1. The van der Waals surface area contributed by atoms with Crippen molar-refractivity contribution in [1.82, 2.24) is 10.2 Å². The van der Waals surface area contributed by atoms with Gasteiger partial charge < -0.3 is 10.1 Å². The lowest BCUT2D eigenvalue weighted by Crippen LogP contribution is -2.52. The molecule has 0 saturated carbocycles. The first-order chi connectivity index (χ1) is 9.31. The smallest absolute Gasteiger partial charge is 0.0855 e. The molecule has 19 heavy (non-hydrogen) atoms. The second-order valence-corrected chi connectivity index (χ2v) is 5.71. The van der Waals surface area contributed by atoms with Crippen molar-refractivity contribution in [2.45, 2.75) is 71.4 Å². The van der Waals surface area contributed by atoms with E-state index in [1.807, 2.05) is 0 Å². The molecule has 0 bridgehead atoms. The third kappa shape index (κ3) is 6.73. The van der Waals surface area contributed by atoms with Crippen LogP contribution in [0.25, 0.3) is 0 Å². The van der Waals surface area contributed by atoms with Crippen LogP contribution in [0.2, 0.25) is 0 Å². The normalized spacial score (nSPS) is 22.6. The van der Waals surface area contributed by atoms with E-state index in [1.165, 1.54) is 38.5 Å². The quantitative estimate of drug-likeness (QED) is 0.618. The van der Waals surface area contributed by atoms with Gasteiger partial charge in [-0.15, -0.1) is 0 Å². The molecule has 0 aromatic rings. The molecule has 0 aromatic carbocycles. The van der Waals surface area contributed by atoms with E-state index in [-0.39, 0.29) is 0 Å². The molecule has 1 fully saturated rings. The first-order valence-electron chi connectivity index (χ1n) is 8.39. The number of unbranched alkanes of at least 4 members (excludes halogenated alkanes) is 3. The Labute approximate surface area is 120 Å². The van der Waals surface area contributed by atoms with Gasteiger partial charge in [0.2, 0.25) is 0 Å². The summed E-state index contributed by atoms with van der Waals surface area (Å²) in [5, 5.41) is 3.71. The topological polar surface area (TPSA) is 24.5 Å². The summed E-state index contributed by atoms with van der Waals surface area (Å²) < 4.78 is 6.02. The Bertz CT molecular complexity index is 211. The van der Waals surface area contributed by atoms with Gasteiger partial charge in [-0.3, -0.25) is 4.90 Å².